The summed E-state index contributed by atoms with van der Waals surface area (Å²) in [6.45, 7) is 1.69. The number of hydrogen-bond acceptors (Lipinski definition) is 3. The Kier molecular flexibility index (Phi) is 4.42. The second-order valence-corrected chi connectivity index (χ2v) is 5.61. The van der Waals surface area contributed by atoms with Gasteiger partial charge in [-0.2, -0.15) is 5.10 Å². The van der Waals surface area contributed by atoms with Crippen LogP contribution in [-0.4, -0.2) is 16.7 Å². The van der Waals surface area contributed by atoms with Gasteiger partial charge in [0.05, 0.1) is 5.71 Å². The van der Waals surface area contributed by atoms with Crippen molar-refractivity contribution in [3.63, 3.8) is 0 Å². The summed E-state index contributed by atoms with van der Waals surface area (Å²) < 4.78 is 13.2. The third-order valence-corrected chi connectivity index (χ3v) is 3.94. The van der Waals surface area contributed by atoms with Crippen LogP contribution in [0.4, 0.5) is 4.39 Å². The number of hydrogen-bond donors (Lipinski definition) is 2. The van der Waals surface area contributed by atoms with Crippen molar-refractivity contribution < 1.29 is 14.3 Å². The number of phenols is 1. The fourth-order valence-corrected chi connectivity index (χ4v) is 2.63. The molecular formula is C19H17FN2O2. The van der Waals surface area contributed by atoms with Crippen molar-refractivity contribution in [2.75, 3.05) is 0 Å². The largest absolute Gasteiger partial charge is 0.507 e. The molecule has 5 heteroatoms. The molecule has 0 atom stereocenters. The minimum absolute atomic E-state index is 0.117. The Morgan fingerprint density at radius 3 is 2.83 bits per heavy atom. The zero-order chi connectivity index (χ0) is 17.1. The van der Waals surface area contributed by atoms with E-state index in [1.54, 1.807) is 19.1 Å². The first-order valence-electron chi connectivity index (χ1n) is 7.68. The average Bonchev–Trinajstić information content (AvgIpc) is 2.60. The maximum Gasteiger partial charge on any atom is 0.271 e. The molecule has 3 rings (SSSR count). The van der Waals surface area contributed by atoms with E-state index in [1.807, 2.05) is 30.3 Å². The lowest BCUT2D eigenvalue weighted by Crippen LogP contribution is -2.21. The number of amides is 1. The average molecular weight is 324 g/mol. The molecule has 1 amide bonds. The summed E-state index contributed by atoms with van der Waals surface area (Å²) in [5.41, 5.74) is 3.67. The minimum atomic E-state index is -0.468. The lowest BCUT2D eigenvalue weighted by Gasteiger charge is -2.09. The Balaban J connectivity index is 1.83. The van der Waals surface area contributed by atoms with Crippen LogP contribution in [0.2, 0.25) is 0 Å². The van der Waals surface area contributed by atoms with Gasteiger partial charge < -0.3 is 5.11 Å². The van der Waals surface area contributed by atoms with Crippen LogP contribution in [0.1, 0.15) is 25.3 Å². The Bertz CT molecular complexity index is 897. The highest BCUT2D eigenvalue weighted by molar-refractivity contribution is 6.07. The van der Waals surface area contributed by atoms with E-state index in [0.29, 0.717) is 24.1 Å². The number of carbonyl (C=O) groups is 1. The van der Waals surface area contributed by atoms with Gasteiger partial charge in [-0.15, -0.1) is 0 Å². The predicted octanol–water partition coefficient (Wildman–Crippen LogP) is 3.96. The van der Waals surface area contributed by atoms with Crippen molar-refractivity contribution in [2.24, 2.45) is 5.10 Å². The van der Waals surface area contributed by atoms with Crippen molar-refractivity contribution in [3.8, 4) is 5.75 Å². The minimum Gasteiger partial charge on any atom is -0.507 e. The molecule has 1 aliphatic carbocycles. The third-order valence-electron chi connectivity index (χ3n) is 3.94. The molecule has 0 saturated heterocycles. The number of benzene rings is 2. The van der Waals surface area contributed by atoms with Crippen molar-refractivity contribution >= 4 is 22.4 Å². The van der Waals surface area contributed by atoms with Gasteiger partial charge in [-0.1, -0.05) is 36.4 Å². The first kappa shape index (κ1) is 15.9. The van der Waals surface area contributed by atoms with Crippen LogP contribution in [0, 0.1) is 0 Å². The highest BCUT2D eigenvalue weighted by Crippen LogP contribution is 2.28. The van der Waals surface area contributed by atoms with Crippen molar-refractivity contribution in [3.05, 3.63) is 65.5 Å². The standard InChI is InChI=1S/C19H17FN2O2/c1-12(21-22-19(24)14-6-4-7-15(20)11-14)16-10-9-13-5-2-3-8-17(13)18(16)23/h2-3,5-6,8-11,23H,4,7H2,1H3,(H,22,24)/b21-12+. The summed E-state index contributed by atoms with van der Waals surface area (Å²) >= 11 is 0. The number of hydrazone groups is 1. The van der Waals surface area contributed by atoms with Gasteiger partial charge in [-0.05, 0) is 30.9 Å². The number of rotatable bonds is 3. The lowest BCUT2D eigenvalue weighted by atomic mass is 10.0. The van der Waals surface area contributed by atoms with Crippen molar-refractivity contribution in [1.29, 1.82) is 0 Å². The molecule has 24 heavy (non-hydrogen) atoms. The fourth-order valence-electron chi connectivity index (χ4n) is 2.63. The summed E-state index contributed by atoms with van der Waals surface area (Å²) in [6.07, 6.45) is 3.72. The predicted molar refractivity (Wildman–Crippen MR) is 92.5 cm³/mol. The quantitative estimate of drug-likeness (QED) is 0.663. The van der Waals surface area contributed by atoms with Gasteiger partial charge in [0.15, 0.2) is 0 Å². The second-order valence-electron chi connectivity index (χ2n) is 5.61. The van der Waals surface area contributed by atoms with Crippen LogP contribution in [-0.2, 0) is 4.79 Å². The molecule has 122 valence electrons. The van der Waals surface area contributed by atoms with Crippen LogP contribution >= 0.6 is 0 Å². The van der Waals surface area contributed by atoms with Crippen LogP contribution < -0.4 is 5.43 Å². The molecular weight excluding hydrogens is 307 g/mol. The third kappa shape index (κ3) is 3.20. The van der Waals surface area contributed by atoms with Gasteiger partial charge in [0.1, 0.15) is 11.6 Å². The molecule has 0 saturated carbocycles. The first-order chi connectivity index (χ1) is 11.6. The Morgan fingerprint density at radius 2 is 2.04 bits per heavy atom. The van der Waals surface area contributed by atoms with E-state index in [0.717, 1.165) is 10.8 Å². The van der Waals surface area contributed by atoms with Crippen molar-refractivity contribution in [2.45, 2.75) is 19.8 Å². The van der Waals surface area contributed by atoms with E-state index >= 15 is 0 Å². The van der Waals surface area contributed by atoms with E-state index < -0.39 is 5.91 Å². The van der Waals surface area contributed by atoms with Gasteiger partial charge >= 0.3 is 0 Å². The van der Waals surface area contributed by atoms with E-state index in [4.69, 9.17) is 0 Å². The Hall–Kier alpha value is -2.95. The number of carbonyl (C=O) groups excluding carboxylic acids is 1. The van der Waals surface area contributed by atoms with Crippen LogP contribution in [0.15, 0.2) is 65.1 Å². The molecule has 0 heterocycles. The van der Waals surface area contributed by atoms with E-state index in [1.165, 1.54) is 6.08 Å². The monoisotopic (exact) mass is 324 g/mol. The topological polar surface area (TPSA) is 61.7 Å². The molecule has 0 bridgehead atoms. The number of nitrogens with one attached hydrogen (secondary N) is 1. The number of aromatic hydroxyl groups is 1. The molecule has 0 radical (unpaired) electrons. The van der Waals surface area contributed by atoms with Gasteiger partial charge in [0, 0.05) is 22.9 Å². The number of nitrogens with zero attached hydrogens (tertiary/aromatic N) is 1. The first-order valence-corrected chi connectivity index (χ1v) is 7.68. The zero-order valence-corrected chi connectivity index (χ0v) is 13.2. The smallest absolute Gasteiger partial charge is 0.271 e. The van der Waals surface area contributed by atoms with Gasteiger partial charge in [0.2, 0.25) is 0 Å². The van der Waals surface area contributed by atoms with Gasteiger partial charge in [-0.3, -0.25) is 4.79 Å². The second kappa shape index (κ2) is 6.66. The zero-order valence-electron chi connectivity index (χ0n) is 13.2. The highest BCUT2D eigenvalue weighted by atomic mass is 19.1. The molecule has 0 spiro atoms. The normalized spacial score (nSPS) is 15.0. The van der Waals surface area contributed by atoms with E-state index in [9.17, 15) is 14.3 Å². The summed E-state index contributed by atoms with van der Waals surface area (Å²) in [7, 11) is 0. The van der Waals surface area contributed by atoms with Gasteiger partial charge in [-0.25, -0.2) is 9.82 Å². The number of phenolic OH excluding ortho intramolecular Hbond substituents is 1. The number of allylic oxidation sites excluding steroid dienone is 2. The van der Waals surface area contributed by atoms with Crippen LogP contribution in [0.3, 0.4) is 0 Å². The molecule has 0 aromatic heterocycles. The number of halogens is 1. The SMILES string of the molecule is C/C(=N\NC(=O)C1=CCCC(F)=C1)c1ccc2ccccc2c1O. The Labute approximate surface area is 139 Å². The Morgan fingerprint density at radius 1 is 1.25 bits per heavy atom. The molecule has 2 aromatic rings. The van der Waals surface area contributed by atoms with Crippen LogP contribution in [0.25, 0.3) is 10.8 Å². The maximum absolute atomic E-state index is 13.2. The van der Waals surface area contributed by atoms with E-state index in [2.05, 4.69) is 10.5 Å². The molecule has 4 nitrogen and oxygen atoms in total. The summed E-state index contributed by atoms with van der Waals surface area (Å²) in [4.78, 5) is 12.0. The molecule has 1 aliphatic rings. The van der Waals surface area contributed by atoms with Crippen LogP contribution in [0.5, 0.6) is 5.75 Å². The molecule has 2 aromatic carbocycles. The molecule has 2 N–H and O–H groups in total. The molecule has 0 aliphatic heterocycles. The molecule has 0 unspecified atom stereocenters. The summed E-state index contributed by atoms with van der Waals surface area (Å²) in [6, 6.07) is 11.1. The fraction of sp³-hybridized carbons (Fsp3) is 0.158. The van der Waals surface area contributed by atoms with E-state index in [-0.39, 0.29) is 17.1 Å². The highest BCUT2D eigenvalue weighted by Gasteiger charge is 2.13. The maximum atomic E-state index is 13.2. The summed E-state index contributed by atoms with van der Waals surface area (Å²) in [5.74, 6) is -0.661. The van der Waals surface area contributed by atoms with Crippen molar-refractivity contribution in [1.82, 2.24) is 5.43 Å². The molecule has 0 fully saturated rings. The number of fused-ring (bicyclic) bond motifs is 1. The lowest BCUT2D eigenvalue weighted by molar-refractivity contribution is -0.117. The summed E-state index contributed by atoms with van der Waals surface area (Å²) in [5, 5.41) is 16.1. The van der Waals surface area contributed by atoms with Gasteiger partial charge in [0.25, 0.3) is 5.91 Å².